The van der Waals surface area contributed by atoms with Gasteiger partial charge in [0.15, 0.2) is 5.78 Å². The van der Waals surface area contributed by atoms with Crippen molar-refractivity contribution in [2.24, 2.45) is 5.41 Å². The number of benzene rings is 1. The van der Waals surface area contributed by atoms with Gasteiger partial charge >= 0.3 is 0 Å². The average Bonchev–Trinajstić information content (AvgIpc) is 2.88. The van der Waals surface area contributed by atoms with E-state index in [4.69, 9.17) is 23.2 Å². The summed E-state index contributed by atoms with van der Waals surface area (Å²) in [5, 5.41) is 9.57. The van der Waals surface area contributed by atoms with Crippen LogP contribution in [0.1, 0.15) is 43.7 Å². The summed E-state index contributed by atoms with van der Waals surface area (Å²) < 4.78 is 0. The first-order valence-electron chi connectivity index (χ1n) is 8.05. The third-order valence-electron chi connectivity index (χ3n) is 4.87. The molecule has 1 aliphatic carbocycles. The van der Waals surface area contributed by atoms with Gasteiger partial charge in [0.05, 0.1) is 15.6 Å². The average molecular weight is 378 g/mol. The van der Waals surface area contributed by atoms with Crippen LogP contribution in [0.4, 0.5) is 5.82 Å². The fourth-order valence-electron chi connectivity index (χ4n) is 3.84. The highest BCUT2D eigenvalue weighted by atomic mass is 35.5. The molecule has 0 spiro atoms. The Kier molecular flexibility index (Phi) is 3.63. The molecule has 0 unspecified atom stereocenters. The molecule has 0 saturated carbocycles. The fraction of sp³-hybridized carbons (Fsp3) is 0.333. The molecule has 7 heteroatoms. The number of Topliss-reactive ketones (excluding diaryl/α,β-unsaturated/α-hetero) is 1. The second-order valence-corrected chi connectivity index (χ2v) is 8.25. The van der Waals surface area contributed by atoms with Crippen molar-refractivity contribution in [2.75, 3.05) is 5.32 Å². The zero-order chi connectivity index (χ0) is 17.9. The van der Waals surface area contributed by atoms with Crippen molar-refractivity contribution >= 4 is 34.8 Å². The van der Waals surface area contributed by atoms with Gasteiger partial charge in [-0.2, -0.15) is 0 Å². The molecule has 25 heavy (non-hydrogen) atoms. The lowest BCUT2D eigenvalue weighted by molar-refractivity contribution is -0.118. The Balaban J connectivity index is 1.96. The number of aromatic nitrogens is 2. The van der Waals surface area contributed by atoms with Gasteiger partial charge in [-0.25, -0.2) is 0 Å². The number of rotatable bonds is 1. The van der Waals surface area contributed by atoms with E-state index in [9.17, 15) is 9.59 Å². The second kappa shape index (κ2) is 5.51. The Morgan fingerprint density at radius 3 is 2.56 bits per heavy atom. The summed E-state index contributed by atoms with van der Waals surface area (Å²) in [4.78, 5) is 25.3. The van der Waals surface area contributed by atoms with Crippen molar-refractivity contribution < 1.29 is 4.79 Å². The summed E-state index contributed by atoms with van der Waals surface area (Å²) >= 11 is 12.2. The van der Waals surface area contributed by atoms with Crippen molar-refractivity contribution in [3.8, 4) is 0 Å². The van der Waals surface area contributed by atoms with Crippen molar-refractivity contribution in [3.05, 3.63) is 61.0 Å². The van der Waals surface area contributed by atoms with E-state index in [0.717, 1.165) is 17.7 Å². The van der Waals surface area contributed by atoms with Gasteiger partial charge in [0.1, 0.15) is 5.82 Å². The second-order valence-electron chi connectivity index (χ2n) is 7.43. The molecule has 2 heterocycles. The number of allylic oxidation sites excluding steroid dienone is 2. The third-order valence-corrected chi connectivity index (χ3v) is 5.60. The molecule has 5 nitrogen and oxygen atoms in total. The van der Waals surface area contributed by atoms with Crippen LogP contribution in [0.5, 0.6) is 0 Å². The number of H-pyrrole nitrogens is 2. The molecule has 0 fully saturated rings. The monoisotopic (exact) mass is 377 g/mol. The number of anilines is 1. The van der Waals surface area contributed by atoms with Gasteiger partial charge in [-0.15, -0.1) is 0 Å². The molecule has 4 rings (SSSR count). The van der Waals surface area contributed by atoms with Crippen molar-refractivity contribution in [1.29, 1.82) is 0 Å². The van der Waals surface area contributed by atoms with Crippen LogP contribution in [0.15, 0.2) is 34.3 Å². The number of nitrogens with one attached hydrogen (secondary N) is 3. The highest BCUT2D eigenvalue weighted by Crippen LogP contribution is 2.47. The van der Waals surface area contributed by atoms with E-state index in [1.807, 2.05) is 6.07 Å². The molecule has 2 aromatic rings. The van der Waals surface area contributed by atoms with Crippen LogP contribution >= 0.6 is 23.2 Å². The Bertz CT molecular complexity index is 984. The number of fused-ring (bicyclic) bond motifs is 1. The van der Waals surface area contributed by atoms with Gasteiger partial charge in [0, 0.05) is 23.6 Å². The zero-order valence-corrected chi connectivity index (χ0v) is 15.3. The number of hydrogen-bond acceptors (Lipinski definition) is 3. The maximum Gasteiger partial charge on any atom is 0.270 e. The summed E-state index contributed by atoms with van der Waals surface area (Å²) in [5.74, 6) is 0.200. The van der Waals surface area contributed by atoms with Gasteiger partial charge in [0.25, 0.3) is 5.56 Å². The van der Waals surface area contributed by atoms with Gasteiger partial charge in [-0.3, -0.25) is 19.8 Å². The van der Waals surface area contributed by atoms with Crippen molar-refractivity contribution in [1.82, 2.24) is 10.2 Å². The van der Waals surface area contributed by atoms with Crippen LogP contribution in [0.2, 0.25) is 10.0 Å². The minimum Gasteiger partial charge on any atom is -0.343 e. The van der Waals surface area contributed by atoms with E-state index in [2.05, 4.69) is 29.4 Å². The zero-order valence-electron chi connectivity index (χ0n) is 13.8. The summed E-state index contributed by atoms with van der Waals surface area (Å²) in [6, 6.07) is 5.24. The molecule has 0 amide bonds. The van der Waals surface area contributed by atoms with Gasteiger partial charge in [0.2, 0.25) is 0 Å². The Labute approximate surface area is 154 Å². The Hall–Kier alpha value is -1.98. The van der Waals surface area contributed by atoms with E-state index in [1.165, 1.54) is 0 Å². The summed E-state index contributed by atoms with van der Waals surface area (Å²) in [6.45, 7) is 4.14. The molecule has 1 aromatic heterocycles. The number of aromatic amines is 2. The van der Waals surface area contributed by atoms with E-state index in [1.54, 1.807) is 12.1 Å². The first kappa shape index (κ1) is 16.5. The summed E-state index contributed by atoms with van der Waals surface area (Å²) in [7, 11) is 0. The predicted octanol–water partition coefficient (Wildman–Crippen LogP) is 4.21. The van der Waals surface area contributed by atoms with E-state index < -0.39 is 5.92 Å². The van der Waals surface area contributed by atoms with Crippen LogP contribution in [-0.4, -0.2) is 16.0 Å². The van der Waals surface area contributed by atoms with E-state index >= 15 is 0 Å². The molecule has 0 bridgehead atoms. The number of carbonyl (C=O) groups is 1. The number of hydrogen-bond donors (Lipinski definition) is 3. The first-order chi connectivity index (χ1) is 11.8. The summed E-state index contributed by atoms with van der Waals surface area (Å²) in [6.07, 6.45) is 1.18. The molecular weight excluding hydrogens is 361 g/mol. The predicted molar refractivity (Wildman–Crippen MR) is 98.4 cm³/mol. The Morgan fingerprint density at radius 1 is 1.08 bits per heavy atom. The minimum atomic E-state index is -0.459. The standard InChI is InChI=1S/C18H17Cl2N3O2/c1-18(2)6-11-14(12(24)7-18)13(8-3-4-9(19)10(20)5-8)15-16(21-11)22-23-17(15)25/h3-5,13H,6-7H2,1-2H3,(H3,21,22,23,25)/t13-/m1/s1. The molecule has 1 aliphatic heterocycles. The van der Waals surface area contributed by atoms with E-state index in [0.29, 0.717) is 33.4 Å². The maximum absolute atomic E-state index is 12.9. The van der Waals surface area contributed by atoms with Crippen molar-refractivity contribution in [2.45, 2.75) is 32.6 Å². The maximum atomic E-state index is 12.9. The molecule has 1 atom stereocenters. The molecule has 0 radical (unpaired) electrons. The smallest absolute Gasteiger partial charge is 0.270 e. The fourth-order valence-corrected chi connectivity index (χ4v) is 4.15. The molecule has 0 saturated heterocycles. The topological polar surface area (TPSA) is 77.8 Å². The van der Waals surface area contributed by atoms with Crippen LogP contribution in [0.25, 0.3) is 0 Å². The number of halogens is 2. The minimum absolute atomic E-state index is 0.0565. The first-order valence-corrected chi connectivity index (χ1v) is 8.81. The van der Waals surface area contributed by atoms with Crippen LogP contribution in [-0.2, 0) is 4.79 Å². The third kappa shape index (κ3) is 2.62. The lowest BCUT2D eigenvalue weighted by atomic mass is 9.69. The van der Waals surface area contributed by atoms with Crippen LogP contribution < -0.4 is 10.9 Å². The number of carbonyl (C=O) groups excluding carboxylic acids is 1. The molecule has 2 aliphatic rings. The molecular formula is C18H17Cl2N3O2. The van der Waals surface area contributed by atoms with Gasteiger partial charge in [-0.05, 0) is 29.5 Å². The van der Waals surface area contributed by atoms with E-state index in [-0.39, 0.29) is 16.8 Å². The quantitative estimate of drug-likeness (QED) is 0.696. The SMILES string of the molecule is CC1(C)CC(=O)C2=C(C1)Nc1[nH][nH]c(=O)c1[C@@H]2c1ccc(Cl)c(Cl)c1. The van der Waals surface area contributed by atoms with Crippen LogP contribution in [0.3, 0.4) is 0 Å². The lowest BCUT2D eigenvalue weighted by Crippen LogP contribution is -2.35. The summed E-state index contributed by atoms with van der Waals surface area (Å²) in [5.41, 5.74) is 2.42. The highest BCUT2D eigenvalue weighted by molar-refractivity contribution is 6.42. The Morgan fingerprint density at radius 2 is 1.84 bits per heavy atom. The largest absolute Gasteiger partial charge is 0.343 e. The van der Waals surface area contributed by atoms with Crippen LogP contribution in [0, 0.1) is 5.41 Å². The highest BCUT2D eigenvalue weighted by Gasteiger charge is 2.42. The molecule has 3 N–H and O–H groups in total. The van der Waals surface area contributed by atoms with Crippen molar-refractivity contribution in [3.63, 3.8) is 0 Å². The molecule has 1 aromatic carbocycles. The molecule has 130 valence electrons. The normalized spacial score (nSPS) is 21.6. The lowest BCUT2D eigenvalue weighted by Gasteiger charge is -2.37. The van der Waals surface area contributed by atoms with Gasteiger partial charge in [-0.1, -0.05) is 43.1 Å². The number of ketones is 1. The van der Waals surface area contributed by atoms with Gasteiger partial charge < -0.3 is 5.32 Å².